The topological polar surface area (TPSA) is 70.6 Å². The highest BCUT2D eigenvalue weighted by Crippen LogP contribution is 2.35. The standard InChI is InChI=1S/C21H22ClN3O3S2/c1-3-30(27,28)16-7-5-15(6-8-16)20(26)24-10-12-25(13-11-24)21-23-18-14(2)4-9-17(22)19(18)29-21/h4-9H,3,10-13H2,1-2H3. The molecule has 0 unspecified atom stereocenters. The van der Waals surface area contributed by atoms with E-state index in [1.54, 1.807) is 35.3 Å². The maximum atomic E-state index is 12.8. The second-order valence-corrected chi connectivity index (χ2v) is 10.9. The molecular weight excluding hydrogens is 442 g/mol. The molecule has 1 aromatic heterocycles. The first-order chi connectivity index (χ1) is 14.3. The third-order valence-electron chi connectivity index (χ3n) is 5.36. The van der Waals surface area contributed by atoms with Crippen molar-refractivity contribution in [1.29, 1.82) is 0 Å². The molecule has 1 aliphatic rings. The predicted octanol–water partition coefficient (Wildman–Crippen LogP) is 4.01. The van der Waals surface area contributed by atoms with Crippen molar-refractivity contribution in [3.63, 3.8) is 0 Å². The number of amides is 1. The van der Waals surface area contributed by atoms with Crippen LogP contribution in [0.4, 0.5) is 5.13 Å². The Hall–Kier alpha value is -2.16. The maximum absolute atomic E-state index is 12.8. The van der Waals surface area contributed by atoms with Crippen LogP contribution in [0.15, 0.2) is 41.3 Å². The first-order valence-corrected chi connectivity index (χ1v) is 12.6. The van der Waals surface area contributed by atoms with Crippen molar-refractivity contribution in [2.75, 3.05) is 36.8 Å². The average Bonchev–Trinajstić information content (AvgIpc) is 3.23. The monoisotopic (exact) mass is 463 g/mol. The normalized spacial score (nSPS) is 15.0. The number of rotatable bonds is 4. The van der Waals surface area contributed by atoms with Gasteiger partial charge in [0, 0.05) is 31.7 Å². The molecule has 1 fully saturated rings. The molecule has 1 saturated heterocycles. The summed E-state index contributed by atoms with van der Waals surface area (Å²) in [5, 5.41) is 1.63. The zero-order valence-electron chi connectivity index (χ0n) is 16.8. The van der Waals surface area contributed by atoms with Crippen molar-refractivity contribution in [3.8, 4) is 0 Å². The molecule has 0 N–H and O–H groups in total. The fourth-order valence-corrected chi connectivity index (χ4v) is 5.73. The molecule has 0 aliphatic carbocycles. The van der Waals surface area contributed by atoms with E-state index in [1.807, 2.05) is 19.1 Å². The molecule has 4 rings (SSSR count). The van der Waals surface area contributed by atoms with E-state index < -0.39 is 9.84 Å². The van der Waals surface area contributed by atoms with Gasteiger partial charge in [0.15, 0.2) is 15.0 Å². The number of fused-ring (bicyclic) bond motifs is 1. The van der Waals surface area contributed by atoms with Crippen LogP contribution < -0.4 is 4.90 Å². The van der Waals surface area contributed by atoms with Crippen LogP contribution in [-0.4, -0.2) is 56.1 Å². The van der Waals surface area contributed by atoms with E-state index in [0.29, 0.717) is 36.8 Å². The lowest BCUT2D eigenvalue weighted by Gasteiger charge is -2.34. The first-order valence-electron chi connectivity index (χ1n) is 9.73. The Kier molecular flexibility index (Phi) is 5.74. The maximum Gasteiger partial charge on any atom is 0.253 e. The van der Waals surface area contributed by atoms with Gasteiger partial charge in [-0.2, -0.15) is 0 Å². The number of anilines is 1. The van der Waals surface area contributed by atoms with Gasteiger partial charge in [-0.25, -0.2) is 13.4 Å². The number of hydrogen-bond acceptors (Lipinski definition) is 6. The molecule has 3 aromatic rings. The largest absolute Gasteiger partial charge is 0.345 e. The predicted molar refractivity (Wildman–Crippen MR) is 122 cm³/mol. The third-order valence-corrected chi connectivity index (χ3v) is 8.69. The molecule has 1 aliphatic heterocycles. The van der Waals surface area contributed by atoms with Gasteiger partial charge in [-0.05, 0) is 42.8 Å². The number of carbonyl (C=O) groups excluding carboxylic acids is 1. The summed E-state index contributed by atoms with van der Waals surface area (Å²) in [6.07, 6.45) is 0. The Morgan fingerprint density at radius 2 is 1.77 bits per heavy atom. The third kappa shape index (κ3) is 3.91. The van der Waals surface area contributed by atoms with Crippen LogP contribution in [0.2, 0.25) is 5.02 Å². The summed E-state index contributed by atoms with van der Waals surface area (Å²) < 4.78 is 24.9. The highest BCUT2D eigenvalue weighted by molar-refractivity contribution is 7.91. The zero-order valence-corrected chi connectivity index (χ0v) is 19.1. The highest BCUT2D eigenvalue weighted by Gasteiger charge is 2.25. The van der Waals surface area contributed by atoms with E-state index in [9.17, 15) is 13.2 Å². The number of carbonyl (C=O) groups is 1. The molecule has 0 spiro atoms. The van der Waals surface area contributed by atoms with Gasteiger partial charge in [0.1, 0.15) is 0 Å². The smallest absolute Gasteiger partial charge is 0.253 e. The lowest BCUT2D eigenvalue weighted by Crippen LogP contribution is -2.48. The number of sulfone groups is 1. The Balaban J connectivity index is 1.45. The van der Waals surface area contributed by atoms with Gasteiger partial charge in [0.25, 0.3) is 5.91 Å². The van der Waals surface area contributed by atoms with E-state index in [0.717, 1.165) is 20.9 Å². The fraction of sp³-hybridized carbons (Fsp3) is 0.333. The van der Waals surface area contributed by atoms with Gasteiger partial charge in [0.2, 0.25) is 0 Å². The molecule has 9 heteroatoms. The first kappa shape index (κ1) is 21.1. The quantitative estimate of drug-likeness (QED) is 0.584. The molecule has 0 bridgehead atoms. The van der Waals surface area contributed by atoms with Crippen LogP contribution in [0.25, 0.3) is 10.2 Å². The SMILES string of the molecule is CCS(=O)(=O)c1ccc(C(=O)N2CCN(c3nc4c(C)ccc(Cl)c4s3)CC2)cc1. The Morgan fingerprint density at radius 3 is 2.37 bits per heavy atom. The van der Waals surface area contributed by atoms with Gasteiger partial charge >= 0.3 is 0 Å². The number of aryl methyl sites for hydroxylation is 1. The van der Waals surface area contributed by atoms with Crippen molar-refractivity contribution in [2.45, 2.75) is 18.7 Å². The van der Waals surface area contributed by atoms with E-state index in [-0.39, 0.29) is 16.6 Å². The molecular formula is C21H22ClN3O3S2. The summed E-state index contributed by atoms with van der Waals surface area (Å²) in [7, 11) is -3.27. The molecule has 30 heavy (non-hydrogen) atoms. The minimum absolute atomic E-state index is 0.0404. The summed E-state index contributed by atoms with van der Waals surface area (Å²) in [5.74, 6) is -0.0445. The minimum Gasteiger partial charge on any atom is -0.345 e. The lowest BCUT2D eigenvalue weighted by atomic mass is 10.2. The molecule has 2 heterocycles. The number of benzene rings is 2. The summed E-state index contributed by atoms with van der Waals surface area (Å²) in [5.41, 5.74) is 2.53. The van der Waals surface area contributed by atoms with Crippen LogP contribution in [0, 0.1) is 6.92 Å². The molecule has 1 amide bonds. The van der Waals surface area contributed by atoms with Crippen LogP contribution in [0.1, 0.15) is 22.8 Å². The molecule has 6 nitrogen and oxygen atoms in total. The number of hydrogen-bond donors (Lipinski definition) is 0. The van der Waals surface area contributed by atoms with Crippen molar-refractivity contribution in [2.24, 2.45) is 0 Å². The van der Waals surface area contributed by atoms with E-state index in [4.69, 9.17) is 16.6 Å². The van der Waals surface area contributed by atoms with Crippen LogP contribution in [0.5, 0.6) is 0 Å². The number of aromatic nitrogens is 1. The van der Waals surface area contributed by atoms with Crippen LogP contribution in [0.3, 0.4) is 0 Å². The lowest BCUT2D eigenvalue weighted by molar-refractivity contribution is 0.0746. The van der Waals surface area contributed by atoms with E-state index >= 15 is 0 Å². The number of thiazole rings is 1. The second-order valence-electron chi connectivity index (χ2n) is 7.25. The Labute approximate surface area is 185 Å². The van der Waals surface area contributed by atoms with Crippen LogP contribution >= 0.6 is 22.9 Å². The van der Waals surface area contributed by atoms with Gasteiger partial charge in [-0.3, -0.25) is 4.79 Å². The highest BCUT2D eigenvalue weighted by atomic mass is 35.5. The molecule has 2 aromatic carbocycles. The van der Waals surface area contributed by atoms with E-state index in [1.165, 1.54) is 12.1 Å². The van der Waals surface area contributed by atoms with Crippen molar-refractivity contribution < 1.29 is 13.2 Å². The van der Waals surface area contributed by atoms with Gasteiger partial charge < -0.3 is 9.80 Å². The minimum atomic E-state index is -3.27. The number of nitrogens with zero attached hydrogens (tertiary/aromatic N) is 3. The van der Waals surface area contributed by atoms with E-state index in [2.05, 4.69) is 4.90 Å². The summed E-state index contributed by atoms with van der Waals surface area (Å²) in [6.45, 7) is 6.16. The summed E-state index contributed by atoms with van der Waals surface area (Å²) in [6, 6.07) is 10.1. The molecule has 0 atom stereocenters. The van der Waals surface area contributed by atoms with Gasteiger partial charge in [-0.1, -0.05) is 35.9 Å². The summed E-state index contributed by atoms with van der Waals surface area (Å²) in [4.78, 5) is 21.8. The molecule has 158 valence electrons. The summed E-state index contributed by atoms with van der Waals surface area (Å²) >= 11 is 7.90. The number of halogens is 1. The zero-order chi connectivity index (χ0) is 21.5. The van der Waals surface area contributed by atoms with Crippen molar-refractivity contribution in [3.05, 3.63) is 52.5 Å². The number of piperazine rings is 1. The molecule has 0 radical (unpaired) electrons. The van der Waals surface area contributed by atoms with Crippen molar-refractivity contribution in [1.82, 2.24) is 9.88 Å². The fourth-order valence-electron chi connectivity index (χ4n) is 3.48. The van der Waals surface area contributed by atoms with Crippen LogP contribution in [-0.2, 0) is 9.84 Å². The van der Waals surface area contributed by atoms with Gasteiger partial charge in [-0.15, -0.1) is 0 Å². The second kappa shape index (κ2) is 8.17. The Morgan fingerprint density at radius 1 is 1.10 bits per heavy atom. The van der Waals surface area contributed by atoms with Crippen molar-refractivity contribution >= 4 is 54.0 Å². The Bertz CT molecular complexity index is 1160. The molecule has 0 saturated carbocycles. The van der Waals surface area contributed by atoms with Gasteiger partial charge in [0.05, 0.1) is 25.9 Å². The average molecular weight is 464 g/mol.